The summed E-state index contributed by atoms with van der Waals surface area (Å²) in [5, 5.41) is 4.59. The first-order valence-corrected chi connectivity index (χ1v) is 10.3. The van der Waals surface area contributed by atoms with Crippen molar-refractivity contribution in [3.05, 3.63) is 42.3 Å². The number of aromatic nitrogens is 2. The maximum Gasteiger partial charge on any atom is 0.250 e. The highest BCUT2D eigenvalue weighted by Gasteiger charge is 2.07. The van der Waals surface area contributed by atoms with Crippen LogP contribution in [0.2, 0.25) is 0 Å². The molecule has 0 aliphatic heterocycles. The number of nitrogens with zero attached hydrogens (tertiary/aromatic N) is 3. The third kappa shape index (κ3) is 6.37. The molecule has 0 bridgehead atoms. The van der Waals surface area contributed by atoms with Crippen LogP contribution < -0.4 is 10.2 Å². The number of amides is 1. The number of thioether (sulfide) groups is 1. The number of aryl methyl sites for hydroxylation is 2. The Morgan fingerprint density at radius 1 is 1.24 bits per heavy atom. The number of rotatable bonds is 6. The quantitative estimate of drug-likeness (QED) is 0.186. The number of methoxy groups -OCH3 is 1. The van der Waals surface area contributed by atoms with Crippen molar-refractivity contribution in [3.8, 4) is 5.75 Å². The third-order valence-corrected chi connectivity index (χ3v) is 5.37. The van der Waals surface area contributed by atoms with E-state index in [2.05, 4.69) is 65.7 Å². The molecular formula is C16H16I2N4O2S. The second-order valence-electron chi connectivity index (χ2n) is 5.03. The predicted octanol–water partition coefficient (Wildman–Crippen LogP) is 3.55. The lowest BCUT2D eigenvalue weighted by Gasteiger charge is -2.07. The van der Waals surface area contributed by atoms with E-state index < -0.39 is 0 Å². The molecule has 0 saturated carbocycles. The Kier molecular flexibility index (Phi) is 7.87. The van der Waals surface area contributed by atoms with E-state index in [9.17, 15) is 4.79 Å². The molecule has 1 heterocycles. The number of nitrogens with one attached hydrogen (secondary N) is 1. The standard InChI is InChI=1S/C16H16I2N4O2S/c1-9-4-10(2)21-16(20-9)25-8-14(23)22-19-7-11-5-12(17)15(24-3)13(18)6-11/h4-7H,8H2,1-3H3,(H,22,23)/b19-7-. The summed E-state index contributed by atoms with van der Waals surface area (Å²) in [6.45, 7) is 3.81. The zero-order chi connectivity index (χ0) is 18.4. The van der Waals surface area contributed by atoms with Crippen molar-refractivity contribution < 1.29 is 9.53 Å². The van der Waals surface area contributed by atoms with Crippen LogP contribution in [0.3, 0.4) is 0 Å². The van der Waals surface area contributed by atoms with Gasteiger partial charge in [0.25, 0.3) is 5.91 Å². The second kappa shape index (κ2) is 9.67. The molecule has 0 fully saturated rings. The molecule has 0 unspecified atom stereocenters. The van der Waals surface area contributed by atoms with Gasteiger partial charge in [0.1, 0.15) is 5.75 Å². The van der Waals surface area contributed by atoms with Gasteiger partial charge in [-0.3, -0.25) is 4.79 Å². The molecule has 6 nitrogen and oxygen atoms in total. The monoisotopic (exact) mass is 582 g/mol. The zero-order valence-corrected chi connectivity index (χ0v) is 19.0. The minimum Gasteiger partial charge on any atom is -0.495 e. The lowest BCUT2D eigenvalue weighted by molar-refractivity contribution is -0.118. The molecule has 0 radical (unpaired) electrons. The minimum absolute atomic E-state index is 0.206. The number of carbonyl (C=O) groups excluding carboxylic acids is 1. The number of ether oxygens (including phenoxy) is 1. The van der Waals surface area contributed by atoms with E-state index in [1.807, 2.05) is 32.0 Å². The molecule has 0 aliphatic rings. The van der Waals surface area contributed by atoms with E-state index in [1.54, 1.807) is 13.3 Å². The Bertz CT molecular complexity index is 771. The number of halogens is 2. The number of hydrazone groups is 1. The highest BCUT2D eigenvalue weighted by Crippen LogP contribution is 2.27. The first kappa shape index (κ1) is 20.4. The molecule has 2 rings (SSSR count). The van der Waals surface area contributed by atoms with E-state index >= 15 is 0 Å². The fourth-order valence-corrected chi connectivity index (χ4v) is 4.95. The topological polar surface area (TPSA) is 76.5 Å². The highest BCUT2D eigenvalue weighted by atomic mass is 127. The fraction of sp³-hybridized carbons (Fsp3) is 0.250. The first-order valence-electron chi connectivity index (χ1n) is 7.19. The second-order valence-corrected chi connectivity index (χ2v) is 8.30. The van der Waals surface area contributed by atoms with Crippen LogP contribution >= 0.6 is 56.9 Å². The zero-order valence-electron chi connectivity index (χ0n) is 13.8. The van der Waals surface area contributed by atoms with Gasteiger partial charge in [0.2, 0.25) is 0 Å². The van der Waals surface area contributed by atoms with Crippen molar-refractivity contribution in [3.63, 3.8) is 0 Å². The molecule has 25 heavy (non-hydrogen) atoms. The van der Waals surface area contributed by atoms with Crippen LogP contribution in [-0.2, 0) is 4.79 Å². The van der Waals surface area contributed by atoms with Crippen molar-refractivity contribution in [1.82, 2.24) is 15.4 Å². The molecule has 1 aromatic heterocycles. The molecule has 0 atom stereocenters. The van der Waals surface area contributed by atoms with E-state index in [4.69, 9.17) is 4.74 Å². The van der Waals surface area contributed by atoms with E-state index in [1.165, 1.54) is 11.8 Å². The van der Waals surface area contributed by atoms with Crippen molar-refractivity contribution in [2.75, 3.05) is 12.9 Å². The van der Waals surface area contributed by atoms with Gasteiger partial charge in [-0.15, -0.1) is 0 Å². The Morgan fingerprint density at radius 3 is 2.40 bits per heavy atom. The molecule has 1 amide bonds. The summed E-state index contributed by atoms with van der Waals surface area (Å²) in [7, 11) is 1.64. The van der Waals surface area contributed by atoms with Crippen molar-refractivity contribution in [2.45, 2.75) is 19.0 Å². The van der Waals surface area contributed by atoms with Gasteiger partial charge in [-0.2, -0.15) is 5.10 Å². The van der Waals surface area contributed by atoms with Crippen LogP contribution in [0.25, 0.3) is 0 Å². The fourth-order valence-electron chi connectivity index (χ4n) is 1.95. The molecule has 0 saturated heterocycles. The van der Waals surface area contributed by atoms with Gasteiger partial charge in [-0.25, -0.2) is 15.4 Å². The smallest absolute Gasteiger partial charge is 0.250 e. The first-order chi connectivity index (χ1) is 11.9. The van der Waals surface area contributed by atoms with Crippen molar-refractivity contribution in [2.24, 2.45) is 5.10 Å². The molecule has 132 valence electrons. The summed E-state index contributed by atoms with van der Waals surface area (Å²) in [5.74, 6) is 0.840. The summed E-state index contributed by atoms with van der Waals surface area (Å²) >= 11 is 5.70. The van der Waals surface area contributed by atoms with E-state index in [0.717, 1.165) is 29.8 Å². The van der Waals surface area contributed by atoms with Gasteiger partial charge in [0.15, 0.2) is 5.16 Å². The largest absolute Gasteiger partial charge is 0.495 e. The molecule has 0 spiro atoms. The summed E-state index contributed by atoms with van der Waals surface area (Å²) in [4.78, 5) is 20.5. The van der Waals surface area contributed by atoms with Crippen molar-refractivity contribution >= 4 is 69.1 Å². The molecular weight excluding hydrogens is 566 g/mol. The van der Waals surface area contributed by atoms with Gasteiger partial charge in [0, 0.05) is 11.4 Å². The average Bonchev–Trinajstić information content (AvgIpc) is 2.52. The number of hydrogen-bond acceptors (Lipinski definition) is 6. The van der Waals surface area contributed by atoms with Gasteiger partial charge >= 0.3 is 0 Å². The Labute approximate surface area is 177 Å². The molecule has 0 aliphatic carbocycles. The lowest BCUT2D eigenvalue weighted by atomic mass is 10.2. The minimum atomic E-state index is -0.207. The van der Waals surface area contributed by atoms with E-state index in [0.29, 0.717) is 5.16 Å². The van der Waals surface area contributed by atoms with Gasteiger partial charge in [-0.1, -0.05) is 11.8 Å². The lowest BCUT2D eigenvalue weighted by Crippen LogP contribution is -2.19. The molecule has 1 aromatic carbocycles. The molecule has 2 aromatic rings. The Balaban J connectivity index is 1.90. The maximum atomic E-state index is 11.9. The van der Waals surface area contributed by atoms with Gasteiger partial charge in [-0.05, 0) is 82.8 Å². The molecule has 1 N–H and O–H groups in total. The summed E-state index contributed by atoms with van der Waals surface area (Å²) in [6, 6.07) is 5.77. The summed E-state index contributed by atoms with van der Waals surface area (Å²) in [6.07, 6.45) is 1.61. The van der Waals surface area contributed by atoms with Crippen LogP contribution in [0, 0.1) is 21.0 Å². The van der Waals surface area contributed by atoms with Crippen LogP contribution in [0.15, 0.2) is 28.5 Å². The number of hydrogen-bond donors (Lipinski definition) is 1. The van der Waals surface area contributed by atoms with Crippen LogP contribution in [0.4, 0.5) is 0 Å². The summed E-state index contributed by atoms with van der Waals surface area (Å²) in [5.41, 5.74) is 5.18. The predicted molar refractivity (Wildman–Crippen MR) is 116 cm³/mol. The number of carbonyl (C=O) groups is 1. The number of benzene rings is 1. The van der Waals surface area contributed by atoms with Gasteiger partial charge in [0.05, 0.1) is 26.2 Å². The van der Waals surface area contributed by atoms with Gasteiger partial charge < -0.3 is 4.74 Å². The SMILES string of the molecule is COc1c(I)cc(/C=N\NC(=O)CSc2nc(C)cc(C)n2)cc1I. The summed E-state index contributed by atoms with van der Waals surface area (Å²) < 4.78 is 7.30. The van der Waals surface area contributed by atoms with Crippen molar-refractivity contribution in [1.29, 1.82) is 0 Å². The van der Waals surface area contributed by atoms with Crippen LogP contribution in [0.5, 0.6) is 5.75 Å². The van der Waals surface area contributed by atoms with Crippen LogP contribution in [0.1, 0.15) is 17.0 Å². The van der Waals surface area contributed by atoms with E-state index in [-0.39, 0.29) is 11.7 Å². The normalized spacial score (nSPS) is 10.9. The van der Waals surface area contributed by atoms with Crippen LogP contribution in [-0.4, -0.2) is 35.0 Å². The highest BCUT2D eigenvalue weighted by molar-refractivity contribution is 14.1. The molecule has 9 heteroatoms. The third-order valence-electron chi connectivity index (χ3n) is 2.92. The Morgan fingerprint density at radius 2 is 1.84 bits per heavy atom. The Hall–Kier alpha value is -0.950. The average molecular weight is 582 g/mol. The maximum absolute atomic E-state index is 11.9.